The Balaban J connectivity index is 2.48. The number of Topliss-reactive ketones (excluding diaryl/α,β-unsaturated/α-hetero) is 1. The van der Waals surface area contributed by atoms with Crippen LogP contribution in [0, 0.1) is 5.41 Å². The van der Waals surface area contributed by atoms with Crippen LogP contribution in [0.15, 0.2) is 17.5 Å². The van der Waals surface area contributed by atoms with E-state index in [4.69, 9.17) is 5.73 Å². The molecule has 0 aliphatic rings. The van der Waals surface area contributed by atoms with Crippen LogP contribution in [0.5, 0.6) is 0 Å². The van der Waals surface area contributed by atoms with Crippen molar-refractivity contribution in [2.24, 2.45) is 11.1 Å². The predicted molar refractivity (Wildman–Crippen MR) is 64.9 cm³/mol. The minimum absolute atomic E-state index is 0.146. The Labute approximate surface area is 95.5 Å². The van der Waals surface area contributed by atoms with Gasteiger partial charge in [0.2, 0.25) is 0 Å². The van der Waals surface area contributed by atoms with Crippen LogP contribution in [0.4, 0.5) is 0 Å². The highest BCUT2D eigenvalue weighted by Gasteiger charge is 2.19. The molecule has 2 N–H and O–H groups in total. The Morgan fingerprint density at radius 3 is 2.67 bits per heavy atom. The normalized spacial score (nSPS) is 13.9. The SMILES string of the molecule is CC(C)(C)CCC(=O)C(N)c1cccs1. The van der Waals surface area contributed by atoms with Gasteiger partial charge in [0.25, 0.3) is 0 Å². The highest BCUT2D eigenvalue weighted by Crippen LogP contribution is 2.24. The molecule has 1 atom stereocenters. The van der Waals surface area contributed by atoms with Gasteiger partial charge in [0.05, 0.1) is 6.04 Å². The van der Waals surface area contributed by atoms with Crippen molar-refractivity contribution in [1.29, 1.82) is 0 Å². The highest BCUT2D eigenvalue weighted by atomic mass is 32.1. The van der Waals surface area contributed by atoms with Crippen LogP contribution in [0.3, 0.4) is 0 Å². The van der Waals surface area contributed by atoms with Crippen molar-refractivity contribution in [3.8, 4) is 0 Å². The summed E-state index contributed by atoms with van der Waals surface area (Å²) >= 11 is 1.55. The fraction of sp³-hybridized carbons (Fsp3) is 0.583. The van der Waals surface area contributed by atoms with Gasteiger partial charge in [-0.05, 0) is 23.3 Å². The molecule has 0 amide bonds. The largest absolute Gasteiger partial charge is 0.317 e. The maximum Gasteiger partial charge on any atom is 0.154 e. The molecule has 1 heterocycles. The molecule has 3 heteroatoms. The van der Waals surface area contributed by atoms with E-state index >= 15 is 0 Å². The molecule has 0 saturated heterocycles. The summed E-state index contributed by atoms with van der Waals surface area (Å²) in [4.78, 5) is 12.7. The van der Waals surface area contributed by atoms with Gasteiger partial charge < -0.3 is 5.73 Å². The average Bonchev–Trinajstić information content (AvgIpc) is 2.64. The average molecular weight is 225 g/mol. The van der Waals surface area contributed by atoms with Crippen LogP contribution >= 0.6 is 11.3 Å². The molecule has 0 aliphatic heterocycles. The summed E-state index contributed by atoms with van der Waals surface area (Å²) in [7, 11) is 0. The molecule has 1 unspecified atom stereocenters. The molecule has 15 heavy (non-hydrogen) atoms. The molecule has 1 rings (SSSR count). The van der Waals surface area contributed by atoms with E-state index in [1.54, 1.807) is 11.3 Å². The number of ketones is 1. The van der Waals surface area contributed by atoms with Crippen LogP contribution in [0.2, 0.25) is 0 Å². The Morgan fingerprint density at radius 1 is 1.53 bits per heavy atom. The van der Waals surface area contributed by atoms with E-state index in [1.807, 2.05) is 17.5 Å². The Kier molecular flexibility index (Phi) is 4.05. The summed E-state index contributed by atoms with van der Waals surface area (Å²) in [6, 6.07) is 3.42. The van der Waals surface area contributed by atoms with Gasteiger partial charge in [0.1, 0.15) is 0 Å². The van der Waals surface area contributed by atoms with Crippen molar-refractivity contribution in [2.45, 2.75) is 39.7 Å². The second kappa shape index (κ2) is 4.90. The number of rotatable bonds is 4. The Bertz CT molecular complexity index is 311. The summed E-state index contributed by atoms with van der Waals surface area (Å²) in [5, 5.41) is 1.95. The van der Waals surface area contributed by atoms with E-state index < -0.39 is 6.04 Å². The Hall–Kier alpha value is -0.670. The number of nitrogens with two attached hydrogens (primary N) is 1. The van der Waals surface area contributed by atoms with Crippen molar-refractivity contribution in [1.82, 2.24) is 0 Å². The summed E-state index contributed by atoms with van der Waals surface area (Å²) in [5.41, 5.74) is 6.07. The van der Waals surface area contributed by atoms with Crippen LogP contribution in [0.25, 0.3) is 0 Å². The smallest absolute Gasteiger partial charge is 0.154 e. The molecule has 84 valence electrons. The minimum Gasteiger partial charge on any atom is -0.317 e. The van der Waals surface area contributed by atoms with Gasteiger partial charge in [0.15, 0.2) is 5.78 Å². The van der Waals surface area contributed by atoms with Crippen LogP contribution in [0.1, 0.15) is 44.5 Å². The van der Waals surface area contributed by atoms with E-state index in [0.29, 0.717) is 6.42 Å². The first-order valence-electron chi connectivity index (χ1n) is 5.22. The van der Waals surface area contributed by atoms with Crippen molar-refractivity contribution in [2.75, 3.05) is 0 Å². The van der Waals surface area contributed by atoms with Crippen molar-refractivity contribution < 1.29 is 4.79 Å². The predicted octanol–water partition coefficient (Wildman–Crippen LogP) is 3.14. The maximum atomic E-state index is 11.8. The molecule has 0 saturated carbocycles. The van der Waals surface area contributed by atoms with Crippen LogP contribution < -0.4 is 5.73 Å². The minimum atomic E-state index is -0.424. The number of carbonyl (C=O) groups excluding carboxylic acids is 1. The van der Waals surface area contributed by atoms with E-state index in [2.05, 4.69) is 20.8 Å². The van der Waals surface area contributed by atoms with Gasteiger partial charge in [-0.1, -0.05) is 26.8 Å². The summed E-state index contributed by atoms with van der Waals surface area (Å²) in [5.74, 6) is 0.146. The van der Waals surface area contributed by atoms with E-state index in [1.165, 1.54) is 0 Å². The molecule has 0 radical (unpaired) electrons. The third-order valence-corrected chi connectivity index (χ3v) is 3.27. The maximum absolute atomic E-state index is 11.8. The standard InChI is InChI=1S/C12H19NOS/c1-12(2,3)7-6-9(14)11(13)10-5-4-8-15-10/h4-5,8,11H,6-7,13H2,1-3H3. The molecule has 1 aromatic rings. The molecule has 2 nitrogen and oxygen atoms in total. The molecule has 0 bridgehead atoms. The lowest BCUT2D eigenvalue weighted by Gasteiger charge is -2.18. The third kappa shape index (κ3) is 4.14. The van der Waals surface area contributed by atoms with E-state index in [0.717, 1.165) is 11.3 Å². The van der Waals surface area contributed by atoms with E-state index in [9.17, 15) is 4.79 Å². The fourth-order valence-corrected chi connectivity index (χ4v) is 2.03. The molecule has 0 aromatic carbocycles. The second-order valence-electron chi connectivity index (χ2n) is 5.02. The third-order valence-electron chi connectivity index (χ3n) is 2.32. The van der Waals surface area contributed by atoms with Gasteiger partial charge in [-0.15, -0.1) is 11.3 Å². The van der Waals surface area contributed by atoms with Gasteiger partial charge in [-0.2, -0.15) is 0 Å². The van der Waals surface area contributed by atoms with Crippen molar-refractivity contribution in [3.63, 3.8) is 0 Å². The monoisotopic (exact) mass is 225 g/mol. The first kappa shape index (κ1) is 12.4. The summed E-state index contributed by atoms with van der Waals surface area (Å²) < 4.78 is 0. The molecule has 0 fully saturated rings. The molecule has 1 aromatic heterocycles. The number of hydrogen-bond acceptors (Lipinski definition) is 3. The first-order valence-corrected chi connectivity index (χ1v) is 6.10. The molecular weight excluding hydrogens is 206 g/mol. The zero-order valence-corrected chi connectivity index (χ0v) is 10.4. The lowest BCUT2D eigenvalue weighted by atomic mass is 9.88. The Morgan fingerprint density at radius 2 is 2.20 bits per heavy atom. The van der Waals surface area contributed by atoms with Crippen LogP contribution in [-0.2, 0) is 4.79 Å². The molecular formula is C12H19NOS. The zero-order valence-electron chi connectivity index (χ0n) is 9.62. The zero-order chi connectivity index (χ0) is 11.5. The number of hydrogen-bond donors (Lipinski definition) is 1. The van der Waals surface area contributed by atoms with Crippen molar-refractivity contribution >= 4 is 17.1 Å². The quantitative estimate of drug-likeness (QED) is 0.855. The van der Waals surface area contributed by atoms with Gasteiger partial charge in [-0.3, -0.25) is 4.79 Å². The number of thiophene rings is 1. The van der Waals surface area contributed by atoms with Crippen molar-refractivity contribution in [3.05, 3.63) is 22.4 Å². The topological polar surface area (TPSA) is 43.1 Å². The molecule has 0 aliphatic carbocycles. The van der Waals surface area contributed by atoms with E-state index in [-0.39, 0.29) is 11.2 Å². The van der Waals surface area contributed by atoms with Gasteiger partial charge in [0, 0.05) is 11.3 Å². The fourth-order valence-electron chi connectivity index (χ4n) is 1.28. The van der Waals surface area contributed by atoms with Gasteiger partial charge >= 0.3 is 0 Å². The lowest BCUT2D eigenvalue weighted by molar-refractivity contribution is -0.120. The number of carbonyl (C=O) groups is 1. The first-order chi connectivity index (χ1) is 6.90. The summed E-state index contributed by atoms with van der Waals surface area (Å²) in [6.07, 6.45) is 1.47. The molecule has 0 spiro atoms. The second-order valence-corrected chi connectivity index (χ2v) is 6.00. The summed E-state index contributed by atoms with van der Waals surface area (Å²) in [6.45, 7) is 6.41. The highest BCUT2D eigenvalue weighted by molar-refractivity contribution is 7.10. The van der Waals surface area contributed by atoms with Crippen LogP contribution in [-0.4, -0.2) is 5.78 Å². The van der Waals surface area contributed by atoms with Gasteiger partial charge in [-0.25, -0.2) is 0 Å². The lowest BCUT2D eigenvalue weighted by Crippen LogP contribution is -2.21.